The second kappa shape index (κ2) is 3.90. The summed E-state index contributed by atoms with van der Waals surface area (Å²) in [7, 11) is 0. The molecule has 0 saturated carbocycles. The van der Waals surface area contributed by atoms with Crippen LogP contribution < -0.4 is 5.84 Å². The molecule has 2 nitrogen and oxygen atoms in total. The highest BCUT2D eigenvalue weighted by atomic mass is 15.4. The van der Waals surface area contributed by atoms with Gasteiger partial charge < -0.3 is 0 Å². The zero-order valence-corrected chi connectivity index (χ0v) is 8.62. The van der Waals surface area contributed by atoms with Gasteiger partial charge in [0.2, 0.25) is 0 Å². The quantitative estimate of drug-likeness (QED) is 0.555. The minimum absolute atomic E-state index is 0.0237. The summed E-state index contributed by atoms with van der Waals surface area (Å²) in [6, 6.07) is 10.3. The van der Waals surface area contributed by atoms with Gasteiger partial charge in [-0.1, -0.05) is 30.3 Å². The molecule has 2 N–H and O–H groups in total. The van der Waals surface area contributed by atoms with Gasteiger partial charge in [-0.25, -0.2) is 5.01 Å². The third-order valence-corrected chi connectivity index (χ3v) is 2.06. The highest BCUT2D eigenvalue weighted by molar-refractivity contribution is 5.14. The van der Waals surface area contributed by atoms with Gasteiger partial charge in [0.15, 0.2) is 0 Å². The van der Waals surface area contributed by atoms with Crippen LogP contribution in [0.1, 0.15) is 26.3 Å². The summed E-state index contributed by atoms with van der Waals surface area (Å²) in [6.45, 7) is 7.12. The van der Waals surface area contributed by atoms with E-state index < -0.39 is 0 Å². The van der Waals surface area contributed by atoms with Crippen LogP contribution in [0.15, 0.2) is 30.3 Å². The highest BCUT2D eigenvalue weighted by Crippen LogP contribution is 2.12. The normalized spacial score (nSPS) is 12.1. The lowest BCUT2D eigenvalue weighted by atomic mass is 10.1. The number of hydrogen-bond donors (Lipinski definition) is 1. The molecule has 0 spiro atoms. The molecule has 0 radical (unpaired) electrons. The van der Waals surface area contributed by atoms with E-state index in [1.54, 1.807) is 0 Å². The summed E-state index contributed by atoms with van der Waals surface area (Å²) < 4.78 is 0. The molecular formula is C11H18N2. The van der Waals surface area contributed by atoms with Crippen LogP contribution in [0, 0.1) is 0 Å². The fourth-order valence-electron chi connectivity index (χ4n) is 1.02. The summed E-state index contributed by atoms with van der Waals surface area (Å²) in [4.78, 5) is 0. The third-order valence-electron chi connectivity index (χ3n) is 2.06. The fourth-order valence-corrected chi connectivity index (χ4v) is 1.02. The Morgan fingerprint density at radius 3 is 2.15 bits per heavy atom. The smallest absolute Gasteiger partial charge is 0.0385 e. The molecule has 0 fully saturated rings. The van der Waals surface area contributed by atoms with Crippen LogP contribution in [-0.2, 0) is 6.54 Å². The minimum atomic E-state index is 0.0237. The predicted molar refractivity (Wildman–Crippen MR) is 55.9 cm³/mol. The van der Waals surface area contributed by atoms with Crippen molar-refractivity contribution >= 4 is 0 Å². The first-order chi connectivity index (χ1) is 6.00. The molecule has 2 heteroatoms. The topological polar surface area (TPSA) is 29.3 Å². The molecule has 1 aromatic carbocycles. The summed E-state index contributed by atoms with van der Waals surface area (Å²) in [5.74, 6) is 5.92. The zero-order valence-electron chi connectivity index (χ0n) is 8.62. The molecule has 0 heterocycles. The molecule has 1 rings (SSSR count). The van der Waals surface area contributed by atoms with Crippen LogP contribution in [0.25, 0.3) is 0 Å². The van der Waals surface area contributed by atoms with Gasteiger partial charge in [0.25, 0.3) is 0 Å². The SMILES string of the molecule is CC(C)(C)N(N)Cc1ccccc1. The van der Waals surface area contributed by atoms with Crippen LogP contribution in [0.3, 0.4) is 0 Å². The molecule has 0 aromatic heterocycles. The van der Waals surface area contributed by atoms with E-state index in [1.807, 2.05) is 23.2 Å². The number of hydrazine groups is 1. The van der Waals surface area contributed by atoms with Crippen molar-refractivity contribution < 1.29 is 0 Å². The van der Waals surface area contributed by atoms with Crippen LogP contribution >= 0.6 is 0 Å². The Hall–Kier alpha value is -0.860. The summed E-state index contributed by atoms with van der Waals surface area (Å²) in [6.07, 6.45) is 0. The Balaban J connectivity index is 2.61. The molecule has 13 heavy (non-hydrogen) atoms. The van der Waals surface area contributed by atoms with E-state index in [0.717, 1.165) is 6.54 Å². The van der Waals surface area contributed by atoms with Crippen molar-refractivity contribution in [1.29, 1.82) is 0 Å². The van der Waals surface area contributed by atoms with Gasteiger partial charge in [0.05, 0.1) is 0 Å². The van der Waals surface area contributed by atoms with Crippen LogP contribution in [-0.4, -0.2) is 10.5 Å². The van der Waals surface area contributed by atoms with Crippen molar-refractivity contribution in [3.05, 3.63) is 35.9 Å². The first-order valence-electron chi connectivity index (χ1n) is 4.56. The monoisotopic (exact) mass is 178 g/mol. The maximum atomic E-state index is 5.92. The number of nitrogens with zero attached hydrogens (tertiary/aromatic N) is 1. The van der Waals surface area contributed by atoms with Crippen LogP contribution in [0.5, 0.6) is 0 Å². The molecule has 0 aliphatic carbocycles. The molecule has 0 unspecified atom stereocenters. The first kappa shape index (κ1) is 10.2. The van der Waals surface area contributed by atoms with E-state index in [9.17, 15) is 0 Å². The van der Waals surface area contributed by atoms with Gasteiger partial charge in [-0.3, -0.25) is 5.84 Å². The second-order valence-corrected chi connectivity index (χ2v) is 4.28. The van der Waals surface area contributed by atoms with E-state index in [2.05, 4.69) is 32.9 Å². The van der Waals surface area contributed by atoms with E-state index in [-0.39, 0.29) is 5.54 Å². The summed E-state index contributed by atoms with van der Waals surface area (Å²) in [5.41, 5.74) is 1.27. The van der Waals surface area contributed by atoms with E-state index in [0.29, 0.717) is 0 Å². The third kappa shape index (κ3) is 3.17. The van der Waals surface area contributed by atoms with Crippen molar-refractivity contribution in [1.82, 2.24) is 5.01 Å². The van der Waals surface area contributed by atoms with Gasteiger partial charge in [-0.2, -0.15) is 0 Å². The molecule has 1 aromatic rings. The van der Waals surface area contributed by atoms with Gasteiger partial charge in [-0.05, 0) is 26.3 Å². The maximum Gasteiger partial charge on any atom is 0.0385 e. The van der Waals surface area contributed by atoms with Gasteiger partial charge in [0, 0.05) is 12.1 Å². The van der Waals surface area contributed by atoms with E-state index in [1.165, 1.54) is 5.56 Å². The average Bonchev–Trinajstić information content (AvgIpc) is 2.04. The molecular weight excluding hydrogens is 160 g/mol. The molecule has 0 aliphatic rings. The summed E-state index contributed by atoms with van der Waals surface area (Å²) >= 11 is 0. The number of hydrogen-bond acceptors (Lipinski definition) is 2. The predicted octanol–water partition coefficient (Wildman–Crippen LogP) is 2.16. The fraction of sp³-hybridized carbons (Fsp3) is 0.455. The largest absolute Gasteiger partial charge is 0.268 e. The standard InChI is InChI=1S/C11H18N2/c1-11(2,3)13(12)9-10-7-5-4-6-8-10/h4-8H,9,12H2,1-3H3. The van der Waals surface area contributed by atoms with E-state index >= 15 is 0 Å². The molecule has 0 bridgehead atoms. The number of benzene rings is 1. The van der Waals surface area contributed by atoms with E-state index in [4.69, 9.17) is 5.84 Å². The average molecular weight is 178 g/mol. The molecule has 0 saturated heterocycles. The summed E-state index contributed by atoms with van der Waals surface area (Å²) in [5, 5.41) is 1.85. The Bertz CT molecular complexity index is 249. The van der Waals surface area contributed by atoms with Gasteiger partial charge in [-0.15, -0.1) is 0 Å². The number of nitrogens with two attached hydrogens (primary N) is 1. The van der Waals surface area contributed by atoms with Crippen molar-refractivity contribution in [2.75, 3.05) is 0 Å². The van der Waals surface area contributed by atoms with Gasteiger partial charge >= 0.3 is 0 Å². The first-order valence-corrected chi connectivity index (χ1v) is 4.56. The molecule has 0 atom stereocenters. The molecule has 0 aliphatic heterocycles. The highest BCUT2D eigenvalue weighted by Gasteiger charge is 2.17. The van der Waals surface area contributed by atoms with Crippen molar-refractivity contribution in [3.63, 3.8) is 0 Å². The number of rotatable bonds is 2. The van der Waals surface area contributed by atoms with Crippen LogP contribution in [0.4, 0.5) is 0 Å². The lowest BCUT2D eigenvalue weighted by Gasteiger charge is -2.31. The van der Waals surface area contributed by atoms with Crippen molar-refractivity contribution in [2.24, 2.45) is 5.84 Å². The van der Waals surface area contributed by atoms with Crippen LogP contribution in [0.2, 0.25) is 0 Å². The minimum Gasteiger partial charge on any atom is -0.268 e. The Morgan fingerprint density at radius 1 is 1.15 bits per heavy atom. The van der Waals surface area contributed by atoms with Gasteiger partial charge in [0.1, 0.15) is 0 Å². The Morgan fingerprint density at radius 2 is 1.69 bits per heavy atom. The molecule has 72 valence electrons. The Kier molecular flexibility index (Phi) is 3.07. The van der Waals surface area contributed by atoms with Crippen molar-refractivity contribution in [2.45, 2.75) is 32.9 Å². The maximum absolute atomic E-state index is 5.92. The lowest BCUT2D eigenvalue weighted by Crippen LogP contribution is -2.45. The van der Waals surface area contributed by atoms with Crippen molar-refractivity contribution in [3.8, 4) is 0 Å². The zero-order chi connectivity index (χ0) is 9.90. The molecule has 0 amide bonds. The lowest BCUT2D eigenvalue weighted by molar-refractivity contribution is 0.130. The second-order valence-electron chi connectivity index (χ2n) is 4.28. The Labute approximate surface area is 80.3 Å².